The molecule has 3 aromatic heterocycles. The van der Waals surface area contributed by atoms with Gasteiger partial charge in [-0.3, -0.25) is 4.98 Å². The molecule has 182 valence electrons. The summed E-state index contributed by atoms with van der Waals surface area (Å²) in [6.07, 6.45) is 9.35. The topological polar surface area (TPSA) is 87.6 Å². The molecular weight excluding hydrogens is 453 g/mol. The zero-order valence-electron chi connectivity index (χ0n) is 20.1. The molecule has 2 aliphatic carbocycles. The number of hydrogen-bond acceptors (Lipinski definition) is 5. The Balaban J connectivity index is 1.50. The Morgan fingerprint density at radius 3 is 2.81 bits per heavy atom. The Kier molecular flexibility index (Phi) is 5.57. The van der Waals surface area contributed by atoms with Crippen LogP contribution in [0.2, 0.25) is 0 Å². The van der Waals surface area contributed by atoms with E-state index in [2.05, 4.69) is 28.3 Å². The number of hydrogen-bond donors (Lipinski definition) is 1. The van der Waals surface area contributed by atoms with E-state index >= 15 is 0 Å². The number of aliphatic hydroxyl groups is 1. The number of halogens is 1. The molecule has 1 fully saturated rings. The van der Waals surface area contributed by atoms with Crippen molar-refractivity contribution in [3.05, 3.63) is 83.7 Å². The number of benzene rings is 1. The van der Waals surface area contributed by atoms with E-state index in [0.29, 0.717) is 12.8 Å². The summed E-state index contributed by atoms with van der Waals surface area (Å²) >= 11 is 0. The van der Waals surface area contributed by atoms with Crippen molar-refractivity contribution in [2.45, 2.75) is 62.4 Å². The van der Waals surface area contributed by atoms with E-state index in [4.69, 9.17) is 4.98 Å². The summed E-state index contributed by atoms with van der Waals surface area (Å²) in [5.74, 6) is -0.0625. The van der Waals surface area contributed by atoms with Gasteiger partial charge in [-0.1, -0.05) is 6.07 Å². The third kappa shape index (κ3) is 3.86. The van der Waals surface area contributed by atoms with Crippen LogP contribution in [0.5, 0.6) is 0 Å². The van der Waals surface area contributed by atoms with Gasteiger partial charge in [-0.2, -0.15) is 10.4 Å². The Morgan fingerprint density at radius 1 is 1.17 bits per heavy atom. The molecule has 0 amide bonds. The van der Waals surface area contributed by atoms with Gasteiger partial charge in [-0.05, 0) is 98.9 Å². The standard InChI is InChI=1S/C29H28FN5O/c30-22-7-9-24(10-8-22)35-27-20(19-33-35)16-25-26(34-27)6-3-4-21-17-28(36,13-14-31)11-12-29(21,25)18-23-5-1-2-15-32-23/h1-2,5,7-10,15-16,19,21,36H,3-4,6,11-13,17-18H2/t21?,28-,29?/m0/s1. The molecular formula is C29H28FN5O. The molecule has 4 aromatic rings. The van der Waals surface area contributed by atoms with Crippen molar-refractivity contribution in [2.24, 2.45) is 5.92 Å². The van der Waals surface area contributed by atoms with Gasteiger partial charge in [-0.15, -0.1) is 0 Å². The van der Waals surface area contributed by atoms with Crippen molar-refractivity contribution < 1.29 is 9.50 Å². The highest BCUT2D eigenvalue weighted by Crippen LogP contribution is 2.54. The SMILES string of the molecule is N#CC[C@@]1(O)CCC2(Cc3ccccn3)c3cc4cnn(-c5ccc(F)cc5)c4nc3CCCC2C1. The molecule has 0 spiro atoms. The van der Waals surface area contributed by atoms with Crippen LogP contribution in [-0.2, 0) is 18.3 Å². The van der Waals surface area contributed by atoms with E-state index in [0.717, 1.165) is 60.2 Å². The summed E-state index contributed by atoms with van der Waals surface area (Å²) < 4.78 is 15.3. The van der Waals surface area contributed by atoms with Crippen molar-refractivity contribution >= 4 is 11.0 Å². The van der Waals surface area contributed by atoms with Crippen molar-refractivity contribution in [2.75, 3.05) is 0 Å². The van der Waals surface area contributed by atoms with E-state index in [1.807, 2.05) is 24.5 Å². The summed E-state index contributed by atoms with van der Waals surface area (Å²) in [6, 6.07) is 16.8. The highest BCUT2D eigenvalue weighted by atomic mass is 19.1. The molecule has 0 bridgehead atoms. The first-order valence-corrected chi connectivity index (χ1v) is 12.6. The molecule has 7 heteroatoms. The Hall–Kier alpha value is -3.63. The van der Waals surface area contributed by atoms with Crippen molar-refractivity contribution in [1.82, 2.24) is 19.7 Å². The molecule has 2 unspecified atom stereocenters. The first-order valence-electron chi connectivity index (χ1n) is 12.6. The van der Waals surface area contributed by atoms with Crippen LogP contribution in [0.1, 0.15) is 55.5 Å². The number of pyridine rings is 2. The molecule has 2 aliphatic rings. The normalized spacial score (nSPS) is 25.5. The number of aromatic nitrogens is 4. The zero-order chi connectivity index (χ0) is 24.8. The van der Waals surface area contributed by atoms with E-state index in [-0.39, 0.29) is 23.6 Å². The molecule has 3 atom stereocenters. The highest BCUT2D eigenvalue weighted by Gasteiger charge is 2.51. The second kappa shape index (κ2) is 8.79. The van der Waals surface area contributed by atoms with Crippen LogP contribution in [0, 0.1) is 23.1 Å². The molecule has 6 nitrogen and oxygen atoms in total. The van der Waals surface area contributed by atoms with Crippen molar-refractivity contribution in [1.29, 1.82) is 5.26 Å². The van der Waals surface area contributed by atoms with Crippen LogP contribution in [0.4, 0.5) is 4.39 Å². The third-order valence-electron chi connectivity index (χ3n) is 8.27. The van der Waals surface area contributed by atoms with Crippen LogP contribution in [-0.4, -0.2) is 30.5 Å². The van der Waals surface area contributed by atoms with Crippen LogP contribution in [0.25, 0.3) is 16.7 Å². The first kappa shape index (κ1) is 22.8. The minimum Gasteiger partial charge on any atom is -0.389 e. The quantitative estimate of drug-likeness (QED) is 0.432. The Bertz CT molecular complexity index is 1440. The number of rotatable bonds is 4. The van der Waals surface area contributed by atoms with Gasteiger partial charge in [0.1, 0.15) is 5.82 Å². The highest BCUT2D eigenvalue weighted by molar-refractivity contribution is 5.78. The summed E-state index contributed by atoms with van der Waals surface area (Å²) in [5, 5.41) is 26.2. The van der Waals surface area contributed by atoms with Gasteiger partial charge in [0.25, 0.3) is 0 Å². The number of nitriles is 1. The maximum Gasteiger partial charge on any atom is 0.163 e. The lowest BCUT2D eigenvalue weighted by Gasteiger charge is -2.49. The molecule has 1 aromatic carbocycles. The fraction of sp³-hybridized carbons (Fsp3) is 0.379. The molecule has 0 aliphatic heterocycles. The van der Waals surface area contributed by atoms with E-state index in [9.17, 15) is 14.8 Å². The maximum atomic E-state index is 13.5. The van der Waals surface area contributed by atoms with E-state index in [1.54, 1.807) is 16.8 Å². The maximum absolute atomic E-state index is 13.5. The van der Waals surface area contributed by atoms with Crippen molar-refractivity contribution in [3.8, 4) is 11.8 Å². The number of aryl methyl sites for hydroxylation is 1. The minimum atomic E-state index is -0.942. The fourth-order valence-corrected chi connectivity index (χ4v) is 6.51. The van der Waals surface area contributed by atoms with Gasteiger partial charge < -0.3 is 5.11 Å². The van der Waals surface area contributed by atoms with E-state index in [1.165, 1.54) is 17.7 Å². The fourth-order valence-electron chi connectivity index (χ4n) is 6.51. The lowest BCUT2D eigenvalue weighted by Crippen LogP contribution is -2.49. The first-order chi connectivity index (χ1) is 17.5. The van der Waals surface area contributed by atoms with Gasteiger partial charge in [0.05, 0.1) is 30.0 Å². The van der Waals surface area contributed by atoms with Gasteiger partial charge in [0, 0.05) is 28.4 Å². The molecule has 3 heterocycles. The zero-order valence-corrected chi connectivity index (χ0v) is 20.1. The average molecular weight is 482 g/mol. The van der Waals surface area contributed by atoms with Crippen molar-refractivity contribution in [3.63, 3.8) is 0 Å². The summed E-state index contributed by atoms with van der Waals surface area (Å²) in [4.78, 5) is 9.82. The smallest absolute Gasteiger partial charge is 0.163 e. The monoisotopic (exact) mass is 481 g/mol. The average Bonchev–Trinajstić information content (AvgIpc) is 3.23. The van der Waals surface area contributed by atoms with Crippen LogP contribution >= 0.6 is 0 Å². The molecule has 36 heavy (non-hydrogen) atoms. The minimum absolute atomic E-state index is 0.164. The molecule has 0 radical (unpaired) electrons. The van der Waals surface area contributed by atoms with Gasteiger partial charge in [0.15, 0.2) is 5.65 Å². The Labute approximate surface area is 209 Å². The lowest BCUT2D eigenvalue weighted by atomic mass is 9.56. The molecule has 6 rings (SSSR count). The van der Waals surface area contributed by atoms with Gasteiger partial charge >= 0.3 is 0 Å². The van der Waals surface area contributed by atoms with Crippen LogP contribution in [0.3, 0.4) is 0 Å². The predicted molar refractivity (Wildman–Crippen MR) is 134 cm³/mol. The van der Waals surface area contributed by atoms with Gasteiger partial charge in [0.2, 0.25) is 0 Å². The number of nitrogens with zero attached hydrogens (tertiary/aromatic N) is 5. The molecule has 1 saturated carbocycles. The molecule has 1 N–H and O–H groups in total. The number of fused-ring (bicyclic) bond motifs is 4. The second-order valence-electron chi connectivity index (χ2n) is 10.4. The van der Waals surface area contributed by atoms with E-state index < -0.39 is 5.60 Å². The van der Waals surface area contributed by atoms with Gasteiger partial charge in [-0.25, -0.2) is 14.1 Å². The summed E-state index contributed by atoms with van der Waals surface area (Å²) in [5.41, 5.74) is 3.69. The Morgan fingerprint density at radius 2 is 2.03 bits per heavy atom. The lowest BCUT2D eigenvalue weighted by molar-refractivity contribution is -0.0439. The largest absolute Gasteiger partial charge is 0.389 e. The van der Waals surface area contributed by atoms with Crippen LogP contribution in [0.15, 0.2) is 60.9 Å². The summed E-state index contributed by atoms with van der Waals surface area (Å²) in [7, 11) is 0. The van der Waals surface area contributed by atoms with Crippen LogP contribution < -0.4 is 0 Å². The summed E-state index contributed by atoms with van der Waals surface area (Å²) in [6.45, 7) is 0. The predicted octanol–water partition coefficient (Wildman–Crippen LogP) is 5.22. The third-order valence-corrected chi connectivity index (χ3v) is 8.27. The second-order valence-corrected chi connectivity index (χ2v) is 10.4. The molecule has 0 saturated heterocycles.